The normalized spacial score (nSPS) is 16.4. The van der Waals surface area contributed by atoms with Gasteiger partial charge in [-0.1, -0.05) is 78.9 Å². The molecule has 112 valence electrons. The molecule has 3 aromatic carbocycles. The SMILES string of the molecule is O=C1c2ccccc2C(c2ccccc2)N1Cc1ccccc1. The zero-order valence-electron chi connectivity index (χ0n) is 12.7. The lowest BCUT2D eigenvalue weighted by Crippen LogP contribution is -2.28. The first-order valence-electron chi connectivity index (χ1n) is 7.83. The molecule has 0 fully saturated rings. The molecule has 0 aromatic heterocycles. The van der Waals surface area contributed by atoms with Gasteiger partial charge in [-0.25, -0.2) is 0 Å². The molecule has 0 aliphatic carbocycles. The summed E-state index contributed by atoms with van der Waals surface area (Å²) in [5, 5.41) is 0. The van der Waals surface area contributed by atoms with Crippen LogP contribution in [0.25, 0.3) is 0 Å². The van der Waals surface area contributed by atoms with Gasteiger partial charge in [-0.2, -0.15) is 0 Å². The minimum absolute atomic E-state index is 0.0138. The molecule has 2 nitrogen and oxygen atoms in total. The minimum atomic E-state index is -0.0138. The number of benzene rings is 3. The van der Waals surface area contributed by atoms with E-state index in [1.54, 1.807) is 0 Å². The van der Waals surface area contributed by atoms with Crippen LogP contribution in [0.3, 0.4) is 0 Å². The van der Waals surface area contributed by atoms with E-state index in [2.05, 4.69) is 30.3 Å². The topological polar surface area (TPSA) is 20.3 Å². The van der Waals surface area contributed by atoms with Gasteiger partial charge in [-0.15, -0.1) is 0 Å². The fraction of sp³-hybridized carbons (Fsp3) is 0.0952. The molecule has 0 bridgehead atoms. The number of rotatable bonds is 3. The molecule has 0 radical (unpaired) electrons. The Labute approximate surface area is 136 Å². The van der Waals surface area contributed by atoms with Gasteiger partial charge in [0.2, 0.25) is 0 Å². The lowest BCUT2D eigenvalue weighted by atomic mass is 9.98. The highest BCUT2D eigenvalue weighted by atomic mass is 16.2. The van der Waals surface area contributed by atoms with Crippen molar-refractivity contribution in [2.24, 2.45) is 0 Å². The molecule has 1 aliphatic rings. The molecule has 0 N–H and O–H groups in total. The van der Waals surface area contributed by atoms with E-state index in [0.29, 0.717) is 6.54 Å². The maximum absolute atomic E-state index is 12.9. The molecule has 2 heteroatoms. The monoisotopic (exact) mass is 299 g/mol. The number of amides is 1. The summed E-state index contributed by atoms with van der Waals surface area (Å²) in [4.78, 5) is 14.9. The number of hydrogen-bond donors (Lipinski definition) is 0. The molecule has 4 rings (SSSR count). The third-order valence-electron chi connectivity index (χ3n) is 4.37. The van der Waals surface area contributed by atoms with Crippen LogP contribution in [0.15, 0.2) is 84.9 Å². The first-order valence-corrected chi connectivity index (χ1v) is 7.83. The van der Waals surface area contributed by atoms with Gasteiger partial charge < -0.3 is 4.90 Å². The Hall–Kier alpha value is -2.87. The number of carbonyl (C=O) groups excluding carboxylic acids is 1. The summed E-state index contributed by atoms with van der Waals surface area (Å²) in [5.74, 6) is 0.110. The fourth-order valence-electron chi connectivity index (χ4n) is 3.31. The van der Waals surface area contributed by atoms with Crippen molar-refractivity contribution in [1.29, 1.82) is 0 Å². The van der Waals surface area contributed by atoms with Crippen LogP contribution < -0.4 is 0 Å². The summed E-state index contributed by atoms with van der Waals surface area (Å²) >= 11 is 0. The second-order valence-corrected chi connectivity index (χ2v) is 5.82. The van der Waals surface area contributed by atoms with Crippen molar-refractivity contribution in [2.45, 2.75) is 12.6 Å². The van der Waals surface area contributed by atoms with Crippen LogP contribution >= 0.6 is 0 Å². The van der Waals surface area contributed by atoms with Crippen molar-refractivity contribution in [3.8, 4) is 0 Å². The predicted octanol–water partition coefficient (Wildman–Crippen LogP) is 4.43. The average molecular weight is 299 g/mol. The van der Waals surface area contributed by atoms with E-state index in [-0.39, 0.29) is 11.9 Å². The minimum Gasteiger partial charge on any atom is -0.323 e. The number of fused-ring (bicyclic) bond motifs is 1. The highest BCUT2D eigenvalue weighted by Crippen LogP contribution is 2.39. The van der Waals surface area contributed by atoms with E-state index in [1.807, 2.05) is 59.5 Å². The summed E-state index contributed by atoms with van der Waals surface area (Å²) in [6, 6.07) is 28.3. The summed E-state index contributed by atoms with van der Waals surface area (Å²) in [7, 11) is 0. The first-order chi connectivity index (χ1) is 11.3. The lowest BCUT2D eigenvalue weighted by molar-refractivity contribution is 0.0736. The molecule has 0 saturated heterocycles. The Balaban J connectivity index is 1.79. The molecule has 23 heavy (non-hydrogen) atoms. The van der Waals surface area contributed by atoms with Crippen LogP contribution in [0.5, 0.6) is 0 Å². The molecule has 1 atom stereocenters. The smallest absolute Gasteiger partial charge is 0.255 e. The van der Waals surface area contributed by atoms with Gasteiger partial charge in [0.25, 0.3) is 5.91 Å². The number of hydrogen-bond acceptors (Lipinski definition) is 1. The Bertz CT molecular complexity index is 827. The summed E-state index contributed by atoms with van der Waals surface area (Å²) in [5.41, 5.74) is 4.22. The summed E-state index contributed by atoms with van der Waals surface area (Å²) < 4.78 is 0. The molecular formula is C21H17NO. The van der Waals surface area contributed by atoms with Crippen LogP contribution in [0.2, 0.25) is 0 Å². The van der Waals surface area contributed by atoms with E-state index in [4.69, 9.17) is 0 Å². The lowest BCUT2D eigenvalue weighted by Gasteiger charge is -2.26. The van der Waals surface area contributed by atoms with Crippen LogP contribution in [0.4, 0.5) is 0 Å². The van der Waals surface area contributed by atoms with Gasteiger partial charge in [0.15, 0.2) is 0 Å². The van der Waals surface area contributed by atoms with E-state index in [0.717, 1.165) is 22.3 Å². The molecule has 1 aliphatic heterocycles. The predicted molar refractivity (Wildman–Crippen MR) is 91.0 cm³/mol. The van der Waals surface area contributed by atoms with E-state index in [1.165, 1.54) is 0 Å². The Kier molecular flexibility index (Phi) is 3.43. The van der Waals surface area contributed by atoms with Crippen LogP contribution in [0.1, 0.15) is 33.1 Å². The maximum atomic E-state index is 12.9. The van der Waals surface area contributed by atoms with E-state index < -0.39 is 0 Å². The Morgan fingerprint density at radius 2 is 1.35 bits per heavy atom. The third kappa shape index (κ3) is 2.42. The molecule has 1 amide bonds. The maximum Gasteiger partial charge on any atom is 0.255 e. The van der Waals surface area contributed by atoms with E-state index in [9.17, 15) is 4.79 Å². The largest absolute Gasteiger partial charge is 0.323 e. The zero-order valence-corrected chi connectivity index (χ0v) is 12.7. The third-order valence-corrected chi connectivity index (χ3v) is 4.37. The summed E-state index contributed by atoms with van der Waals surface area (Å²) in [6.07, 6.45) is 0. The van der Waals surface area contributed by atoms with Crippen molar-refractivity contribution in [2.75, 3.05) is 0 Å². The average Bonchev–Trinajstić information content (AvgIpc) is 2.89. The summed E-state index contributed by atoms with van der Waals surface area (Å²) in [6.45, 7) is 0.619. The van der Waals surface area contributed by atoms with Crippen molar-refractivity contribution < 1.29 is 4.79 Å². The van der Waals surface area contributed by atoms with Gasteiger partial charge in [0.1, 0.15) is 0 Å². The zero-order chi connectivity index (χ0) is 15.6. The molecule has 1 heterocycles. The molecule has 0 saturated carbocycles. The Morgan fingerprint density at radius 1 is 0.739 bits per heavy atom. The fourth-order valence-corrected chi connectivity index (χ4v) is 3.31. The van der Waals surface area contributed by atoms with Gasteiger partial charge in [-0.3, -0.25) is 4.79 Å². The van der Waals surface area contributed by atoms with Crippen molar-refractivity contribution in [3.63, 3.8) is 0 Å². The standard InChI is InChI=1S/C21H17NO/c23-21-19-14-8-7-13-18(19)20(17-11-5-2-6-12-17)22(21)15-16-9-3-1-4-10-16/h1-14,20H,15H2. The molecule has 1 unspecified atom stereocenters. The van der Waals surface area contributed by atoms with Gasteiger partial charge >= 0.3 is 0 Å². The molecule has 0 spiro atoms. The van der Waals surface area contributed by atoms with Crippen LogP contribution in [-0.4, -0.2) is 10.8 Å². The quantitative estimate of drug-likeness (QED) is 0.700. The highest BCUT2D eigenvalue weighted by Gasteiger charge is 2.37. The first kappa shape index (κ1) is 13.8. The van der Waals surface area contributed by atoms with Gasteiger partial charge in [0, 0.05) is 12.1 Å². The van der Waals surface area contributed by atoms with Crippen molar-refractivity contribution in [3.05, 3.63) is 107 Å². The van der Waals surface area contributed by atoms with Gasteiger partial charge in [-0.05, 0) is 22.8 Å². The number of carbonyl (C=O) groups is 1. The van der Waals surface area contributed by atoms with Crippen molar-refractivity contribution >= 4 is 5.91 Å². The van der Waals surface area contributed by atoms with Gasteiger partial charge in [0.05, 0.1) is 6.04 Å². The van der Waals surface area contributed by atoms with Crippen LogP contribution in [0, 0.1) is 0 Å². The Morgan fingerprint density at radius 3 is 2.09 bits per heavy atom. The highest BCUT2D eigenvalue weighted by molar-refractivity contribution is 5.99. The molecular weight excluding hydrogens is 282 g/mol. The van der Waals surface area contributed by atoms with E-state index >= 15 is 0 Å². The second-order valence-electron chi connectivity index (χ2n) is 5.82. The second kappa shape index (κ2) is 5.73. The van der Waals surface area contributed by atoms with Crippen LogP contribution in [-0.2, 0) is 6.54 Å². The molecule has 3 aromatic rings. The number of nitrogens with zero attached hydrogens (tertiary/aromatic N) is 1. The van der Waals surface area contributed by atoms with Crippen molar-refractivity contribution in [1.82, 2.24) is 4.90 Å².